The topological polar surface area (TPSA) is 89.5 Å². The molecule has 0 saturated heterocycles. The van der Waals surface area contributed by atoms with Gasteiger partial charge in [-0.1, -0.05) is 26.0 Å². The zero-order valence-electron chi connectivity index (χ0n) is 16.7. The molecule has 0 spiro atoms. The van der Waals surface area contributed by atoms with E-state index in [2.05, 4.69) is 15.6 Å². The quantitative estimate of drug-likeness (QED) is 0.692. The van der Waals surface area contributed by atoms with Gasteiger partial charge in [-0.25, -0.2) is 0 Å². The summed E-state index contributed by atoms with van der Waals surface area (Å²) in [5.74, 6) is 0.317. The van der Waals surface area contributed by atoms with E-state index < -0.39 is 11.9 Å². The average Bonchev–Trinajstić information content (AvgIpc) is 2.71. The van der Waals surface area contributed by atoms with Gasteiger partial charge in [0, 0.05) is 18.9 Å². The highest BCUT2D eigenvalue weighted by Gasteiger charge is 2.26. The molecule has 0 aliphatic heterocycles. The molecule has 0 unspecified atom stereocenters. The van der Waals surface area contributed by atoms with Crippen molar-refractivity contribution in [2.75, 3.05) is 14.2 Å². The molecule has 0 fully saturated rings. The fourth-order valence-corrected chi connectivity index (χ4v) is 2.82. The maximum Gasteiger partial charge on any atom is 0.259 e. The Kier molecular flexibility index (Phi) is 7.80. The lowest BCUT2D eigenvalue weighted by atomic mass is 10.0. The fraction of sp³-hybridized carbons (Fsp3) is 0.381. The summed E-state index contributed by atoms with van der Waals surface area (Å²) in [7, 11) is 2.97. The maximum atomic E-state index is 12.9. The number of nitrogens with one attached hydrogen (secondary N) is 2. The highest BCUT2D eigenvalue weighted by molar-refractivity contribution is 6.02. The Bertz CT molecular complexity index is 771. The van der Waals surface area contributed by atoms with Crippen molar-refractivity contribution in [1.29, 1.82) is 0 Å². The molecule has 28 heavy (non-hydrogen) atoms. The molecule has 150 valence electrons. The second-order valence-corrected chi connectivity index (χ2v) is 6.77. The van der Waals surface area contributed by atoms with Gasteiger partial charge in [0.1, 0.15) is 23.1 Å². The predicted octanol–water partition coefficient (Wildman–Crippen LogP) is 2.56. The number of carbonyl (C=O) groups excluding carboxylic acids is 2. The molecule has 2 amide bonds. The molecule has 2 aromatic rings. The number of pyridine rings is 1. The second-order valence-electron chi connectivity index (χ2n) is 6.77. The van der Waals surface area contributed by atoms with Crippen molar-refractivity contribution < 1.29 is 19.1 Å². The van der Waals surface area contributed by atoms with Crippen molar-refractivity contribution in [2.45, 2.75) is 32.9 Å². The molecule has 7 heteroatoms. The Morgan fingerprint density at radius 3 is 2.29 bits per heavy atom. The Morgan fingerprint density at radius 1 is 1.07 bits per heavy atom. The molecule has 0 aliphatic rings. The van der Waals surface area contributed by atoms with Gasteiger partial charge in [0.15, 0.2) is 0 Å². The molecule has 2 N–H and O–H groups in total. The average molecular weight is 385 g/mol. The number of hydrogen-bond acceptors (Lipinski definition) is 5. The molecule has 0 radical (unpaired) electrons. The van der Waals surface area contributed by atoms with Crippen LogP contribution >= 0.6 is 0 Å². The van der Waals surface area contributed by atoms with Gasteiger partial charge >= 0.3 is 0 Å². The lowest BCUT2D eigenvalue weighted by molar-refractivity contribution is -0.123. The van der Waals surface area contributed by atoms with E-state index in [1.807, 2.05) is 26.0 Å². The first-order valence-electron chi connectivity index (χ1n) is 9.14. The molecule has 0 aliphatic carbocycles. The van der Waals surface area contributed by atoms with Crippen molar-refractivity contribution in [3.05, 3.63) is 53.9 Å². The van der Waals surface area contributed by atoms with Gasteiger partial charge < -0.3 is 20.1 Å². The highest BCUT2D eigenvalue weighted by atomic mass is 16.5. The number of aromatic nitrogens is 1. The van der Waals surface area contributed by atoms with Crippen LogP contribution in [-0.4, -0.2) is 37.1 Å². The van der Waals surface area contributed by atoms with Crippen molar-refractivity contribution in [3.63, 3.8) is 0 Å². The van der Waals surface area contributed by atoms with E-state index in [1.54, 1.807) is 30.6 Å². The fourth-order valence-electron chi connectivity index (χ4n) is 2.82. The summed E-state index contributed by atoms with van der Waals surface area (Å²) >= 11 is 0. The SMILES string of the molecule is COc1cccc(OC)c1C(=O)N[C@H](CC(C)C)C(=O)NCc1cccnc1. The molecule has 1 atom stereocenters. The zero-order valence-corrected chi connectivity index (χ0v) is 16.7. The summed E-state index contributed by atoms with van der Waals surface area (Å²) < 4.78 is 10.6. The summed E-state index contributed by atoms with van der Waals surface area (Å²) in [5, 5.41) is 5.69. The van der Waals surface area contributed by atoms with Crippen LogP contribution in [0.3, 0.4) is 0 Å². The van der Waals surface area contributed by atoms with Crippen LogP contribution in [0, 0.1) is 5.92 Å². The van der Waals surface area contributed by atoms with E-state index in [4.69, 9.17) is 9.47 Å². The molecular weight excluding hydrogens is 358 g/mol. The van der Waals surface area contributed by atoms with Crippen LogP contribution < -0.4 is 20.1 Å². The summed E-state index contributed by atoms with van der Waals surface area (Å²) in [6.07, 6.45) is 3.87. The molecule has 7 nitrogen and oxygen atoms in total. The molecule has 2 rings (SSSR count). The minimum atomic E-state index is -0.682. The second kappa shape index (κ2) is 10.3. The first-order chi connectivity index (χ1) is 13.5. The molecule has 0 bridgehead atoms. The number of carbonyl (C=O) groups is 2. The summed E-state index contributed by atoms with van der Waals surface area (Å²) in [6, 6.07) is 8.10. The largest absolute Gasteiger partial charge is 0.496 e. The van der Waals surface area contributed by atoms with Crippen LogP contribution in [-0.2, 0) is 11.3 Å². The van der Waals surface area contributed by atoms with Crippen molar-refractivity contribution in [2.24, 2.45) is 5.92 Å². The van der Waals surface area contributed by atoms with Crippen LogP contribution in [0.4, 0.5) is 0 Å². The van der Waals surface area contributed by atoms with E-state index in [1.165, 1.54) is 14.2 Å². The standard InChI is InChI=1S/C21H27N3O4/c1-14(2)11-16(20(25)23-13-15-7-6-10-22-12-15)24-21(26)19-17(27-3)8-5-9-18(19)28-4/h5-10,12,14,16H,11,13H2,1-4H3,(H,23,25)(H,24,26)/t16-/m1/s1. The Balaban J connectivity index is 2.15. The number of ether oxygens (including phenoxy) is 2. The number of methoxy groups -OCH3 is 2. The van der Waals surface area contributed by atoms with Crippen LogP contribution in [0.25, 0.3) is 0 Å². The predicted molar refractivity (Wildman–Crippen MR) is 106 cm³/mol. The molecule has 1 heterocycles. The van der Waals surface area contributed by atoms with Crippen molar-refractivity contribution >= 4 is 11.8 Å². The maximum absolute atomic E-state index is 12.9. The molecule has 1 aromatic heterocycles. The zero-order chi connectivity index (χ0) is 20.5. The number of nitrogens with zero attached hydrogens (tertiary/aromatic N) is 1. The van der Waals surface area contributed by atoms with E-state index >= 15 is 0 Å². The third kappa shape index (κ3) is 5.70. The van der Waals surface area contributed by atoms with Crippen LogP contribution in [0.5, 0.6) is 11.5 Å². The smallest absolute Gasteiger partial charge is 0.259 e. The van der Waals surface area contributed by atoms with Gasteiger partial charge in [-0.2, -0.15) is 0 Å². The van der Waals surface area contributed by atoms with Crippen LogP contribution in [0.15, 0.2) is 42.7 Å². The van der Waals surface area contributed by atoms with Crippen molar-refractivity contribution in [1.82, 2.24) is 15.6 Å². The van der Waals surface area contributed by atoms with Gasteiger partial charge in [0.05, 0.1) is 14.2 Å². The summed E-state index contributed by atoms with van der Waals surface area (Å²) in [5.41, 5.74) is 1.15. The molecule has 1 aromatic carbocycles. The number of hydrogen-bond donors (Lipinski definition) is 2. The monoisotopic (exact) mass is 385 g/mol. The number of benzene rings is 1. The lowest BCUT2D eigenvalue weighted by Gasteiger charge is -2.21. The number of amides is 2. The van der Waals surface area contributed by atoms with E-state index in [0.29, 0.717) is 24.5 Å². The Morgan fingerprint density at radius 2 is 1.75 bits per heavy atom. The van der Waals surface area contributed by atoms with Crippen LogP contribution in [0.1, 0.15) is 36.2 Å². The van der Waals surface area contributed by atoms with Gasteiger partial charge in [-0.15, -0.1) is 0 Å². The minimum Gasteiger partial charge on any atom is -0.496 e. The van der Waals surface area contributed by atoms with Gasteiger partial charge in [-0.3, -0.25) is 14.6 Å². The lowest BCUT2D eigenvalue weighted by Crippen LogP contribution is -2.47. The van der Waals surface area contributed by atoms with E-state index in [-0.39, 0.29) is 17.4 Å². The Hall–Kier alpha value is -3.09. The van der Waals surface area contributed by atoms with Gasteiger partial charge in [0.2, 0.25) is 5.91 Å². The summed E-state index contributed by atoms with van der Waals surface area (Å²) in [6.45, 7) is 4.34. The third-order valence-electron chi connectivity index (χ3n) is 4.17. The van der Waals surface area contributed by atoms with Gasteiger partial charge in [-0.05, 0) is 36.1 Å². The minimum absolute atomic E-state index is 0.217. The van der Waals surface area contributed by atoms with Crippen LogP contribution in [0.2, 0.25) is 0 Å². The number of rotatable bonds is 9. The first kappa shape index (κ1) is 21.2. The van der Waals surface area contributed by atoms with Gasteiger partial charge in [0.25, 0.3) is 5.91 Å². The Labute approximate surface area is 165 Å². The highest BCUT2D eigenvalue weighted by Crippen LogP contribution is 2.28. The normalized spacial score (nSPS) is 11.6. The third-order valence-corrected chi connectivity index (χ3v) is 4.17. The molecule has 0 saturated carbocycles. The van der Waals surface area contributed by atoms with E-state index in [0.717, 1.165) is 5.56 Å². The molecular formula is C21H27N3O4. The summed E-state index contributed by atoms with van der Waals surface area (Å²) in [4.78, 5) is 29.7. The van der Waals surface area contributed by atoms with E-state index in [9.17, 15) is 9.59 Å². The first-order valence-corrected chi connectivity index (χ1v) is 9.14. The van der Waals surface area contributed by atoms with Crippen molar-refractivity contribution in [3.8, 4) is 11.5 Å².